The van der Waals surface area contributed by atoms with Gasteiger partial charge in [0.15, 0.2) is 0 Å². The molecule has 3 atom stereocenters. The van der Waals surface area contributed by atoms with Crippen molar-refractivity contribution in [3.8, 4) is 0 Å². The Morgan fingerprint density at radius 3 is 1.93 bits per heavy atom. The van der Waals surface area contributed by atoms with Gasteiger partial charge in [0.1, 0.15) is 0 Å². The number of unbranched alkanes of at least 4 members (excludes halogenated alkanes) is 7. The third-order valence-corrected chi connectivity index (χ3v) is 6.60. The first kappa shape index (κ1) is 28.8. The highest BCUT2D eigenvalue weighted by Gasteiger charge is 2.38. The van der Waals surface area contributed by atoms with E-state index < -0.39 is 0 Å². The molecule has 0 aromatic rings. The Morgan fingerprint density at radius 2 is 1.38 bits per heavy atom. The van der Waals surface area contributed by atoms with Crippen LogP contribution in [0.15, 0.2) is 0 Å². The molecule has 0 aromatic heterocycles. The Kier molecular flexibility index (Phi) is 18.4. The van der Waals surface area contributed by atoms with Crippen LogP contribution in [0.5, 0.6) is 0 Å². The van der Waals surface area contributed by atoms with Gasteiger partial charge in [0, 0.05) is 12.6 Å². The lowest BCUT2D eigenvalue weighted by molar-refractivity contribution is 0.0311. The van der Waals surface area contributed by atoms with Gasteiger partial charge in [-0.3, -0.25) is 0 Å². The molecular weight excluding hydrogens is 360 g/mol. The van der Waals surface area contributed by atoms with Gasteiger partial charge in [-0.25, -0.2) is 0 Å². The minimum Gasteiger partial charge on any atom is -0.390 e. The minimum absolute atomic E-state index is 0.0502. The number of aliphatic hydroxyl groups excluding tert-OH is 1. The van der Waals surface area contributed by atoms with Crippen molar-refractivity contribution in [2.24, 2.45) is 22.8 Å². The first-order valence-electron chi connectivity index (χ1n) is 12.4. The third kappa shape index (κ3) is 13.7. The lowest BCUT2D eigenvalue weighted by Crippen LogP contribution is -2.55. The number of aliphatic hydroxyl groups is 1. The van der Waals surface area contributed by atoms with E-state index in [-0.39, 0.29) is 17.6 Å². The lowest BCUT2D eigenvalue weighted by Gasteiger charge is -2.43. The van der Waals surface area contributed by atoms with E-state index in [1.807, 2.05) is 0 Å². The van der Waals surface area contributed by atoms with Crippen LogP contribution in [0, 0.1) is 11.3 Å². The summed E-state index contributed by atoms with van der Waals surface area (Å²) in [6, 6.07) is 0.105. The molecule has 0 aliphatic rings. The van der Waals surface area contributed by atoms with Crippen LogP contribution in [0.2, 0.25) is 0 Å². The van der Waals surface area contributed by atoms with Crippen LogP contribution in [-0.4, -0.2) is 50.0 Å². The van der Waals surface area contributed by atoms with E-state index in [9.17, 15) is 5.11 Å². The summed E-state index contributed by atoms with van der Waals surface area (Å²) in [4.78, 5) is 0. The van der Waals surface area contributed by atoms with E-state index in [0.717, 1.165) is 51.9 Å². The SMILES string of the molecule is CCCCC(C)C(C)(C)C(NCCCCCCN)C(O)CNCCCCCCN. The molecule has 0 saturated heterocycles. The Labute approximate surface area is 182 Å². The standard InChI is InChI=1S/C24H54N4O/c1-5-6-15-21(2)24(3,4)23(28-19-14-10-8-12-17-26)22(29)20-27-18-13-9-7-11-16-25/h21-23,27-29H,5-20,25-26H2,1-4H3. The molecule has 5 nitrogen and oxygen atoms in total. The van der Waals surface area contributed by atoms with Crippen LogP contribution in [0.25, 0.3) is 0 Å². The molecule has 0 aromatic carbocycles. The summed E-state index contributed by atoms with van der Waals surface area (Å²) in [6.07, 6.45) is 12.7. The molecular formula is C24H54N4O. The summed E-state index contributed by atoms with van der Waals surface area (Å²) in [5.74, 6) is 0.572. The normalized spacial score (nSPS) is 15.4. The maximum absolute atomic E-state index is 11.0. The van der Waals surface area contributed by atoms with Crippen molar-refractivity contribution in [3.63, 3.8) is 0 Å². The van der Waals surface area contributed by atoms with Gasteiger partial charge in [0.05, 0.1) is 6.10 Å². The van der Waals surface area contributed by atoms with E-state index >= 15 is 0 Å². The maximum atomic E-state index is 11.0. The fourth-order valence-corrected chi connectivity index (χ4v) is 4.08. The molecule has 29 heavy (non-hydrogen) atoms. The number of hydrogen-bond acceptors (Lipinski definition) is 5. The van der Waals surface area contributed by atoms with Crippen molar-refractivity contribution < 1.29 is 5.11 Å². The van der Waals surface area contributed by atoms with Gasteiger partial charge in [-0.2, -0.15) is 0 Å². The van der Waals surface area contributed by atoms with Crippen LogP contribution in [-0.2, 0) is 0 Å². The van der Waals surface area contributed by atoms with Gasteiger partial charge < -0.3 is 27.2 Å². The summed E-state index contributed by atoms with van der Waals surface area (Å²) in [6.45, 7) is 13.4. The van der Waals surface area contributed by atoms with E-state index in [0.29, 0.717) is 12.5 Å². The number of hydrogen-bond donors (Lipinski definition) is 5. The average Bonchev–Trinajstić information content (AvgIpc) is 2.70. The summed E-state index contributed by atoms with van der Waals surface area (Å²) in [5, 5.41) is 18.2. The molecule has 0 spiro atoms. The summed E-state index contributed by atoms with van der Waals surface area (Å²) in [5.41, 5.74) is 11.2. The fourth-order valence-electron chi connectivity index (χ4n) is 4.08. The molecule has 0 aliphatic carbocycles. The highest BCUT2D eigenvalue weighted by atomic mass is 16.3. The Balaban J connectivity index is 4.58. The van der Waals surface area contributed by atoms with Gasteiger partial charge in [-0.1, -0.05) is 72.6 Å². The van der Waals surface area contributed by atoms with E-state index in [1.165, 1.54) is 44.9 Å². The quantitative estimate of drug-likeness (QED) is 0.184. The lowest BCUT2D eigenvalue weighted by atomic mass is 9.70. The first-order valence-corrected chi connectivity index (χ1v) is 12.4. The monoisotopic (exact) mass is 414 g/mol. The molecule has 0 aliphatic heterocycles. The van der Waals surface area contributed by atoms with Crippen LogP contribution in [0.4, 0.5) is 0 Å². The molecule has 0 rings (SSSR count). The fraction of sp³-hybridized carbons (Fsp3) is 1.00. The predicted octanol–water partition coefficient (Wildman–Crippen LogP) is 3.79. The Hall–Kier alpha value is -0.200. The zero-order chi connectivity index (χ0) is 22.0. The summed E-state index contributed by atoms with van der Waals surface area (Å²) < 4.78 is 0. The van der Waals surface area contributed by atoms with Gasteiger partial charge in [-0.15, -0.1) is 0 Å². The predicted molar refractivity (Wildman–Crippen MR) is 128 cm³/mol. The molecule has 0 fully saturated rings. The van der Waals surface area contributed by atoms with Crippen molar-refractivity contribution >= 4 is 0 Å². The molecule has 0 saturated carbocycles. The second kappa shape index (κ2) is 18.6. The van der Waals surface area contributed by atoms with Crippen LogP contribution in [0.3, 0.4) is 0 Å². The van der Waals surface area contributed by atoms with Crippen LogP contribution < -0.4 is 22.1 Å². The third-order valence-electron chi connectivity index (χ3n) is 6.60. The first-order chi connectivity index (χ1) is 13.9. The zero-order valence-electron chi connectivity index (χ0n) is 20.1. The molecule has 3 unspecified atom stereocenters. The van der Waals surface area contributed by atoms with Crippen LogP contribution in [0.1, 0.15) is 98.3 Å². The van der Waals surface area contributed by atoms with Crippen molar-refractivity contribution in [3.05, 3.63) is 0 Å². The minimum atomic E-state index is -0.373. The molecule has 0 amide bonds. The smallest absolute Gasteiger partial charge is 0.0822 e. The summed E-state index contributed by atoms with van der Waals surface area (Å²) >= 11 is 0. The molecule has 0 bridgehead atoms. The van der Waals surface area contributed by atoms with Gasteiger partial charge in [-0.05, 0) is 63.2 Å². The van der Waals surface area contributed by atoms with E-state index in [4.69, 9.17) is 11.5 Å². The topological polar surface area (TPSA) is 96.3 Å². The van der Waals surface area contributed by atoms with Crippen molar-refractivity contribution in [2.75, 3.05) is 32.7 Å². The van der Waals surface area contributed by atoms with E-state index in [2.05, 4.69) is 38.3 Å². The second-order valence-corrected chi connectivity index (χ2v) is 9.47. The van der Waals surface area contributed by atoms with Gasteiger partial charge in [0.25, 0.3) is 0 Å². The molecule has 5 heteroatoms. The van der Waals surface area contributed by atoms with Crippen LogP contribution >= 0.6 is 0 Å². The number of nitrogens with two attached hydrogens (primary N) is 2. The molecule has 176 valence electrons. The highest BCUT2D eigenvalue weighted by molar-refractivity contribution is 4.93. The largest absolute Gasteiger partial charge is 0.390 e. The van der Waals surface area contributed by atoms with Crippen molar-refractivity contribution in [2.45, 2.75) is 110 Å². The maximum Gasteiger partial charge on any atom is 0.0822 e. The molecule has 0 heterocycles. The summed E-state index contributed by atoms with van der Waals surface area (Å²) in [7, 11) is 0. The Morgan fingerprint density at radius 1 is 0.828 bits per heavy atom. The van der Waals surface area contributed by atoms with Gasteiger partial charge >= 0.3 is 0 Å². The van der Waals surface area contributed by atoms with Crippen molar-refractivity contribution in [1.82, 2.24) is 10.6 Å². The number of nitrogens with one attached hydrogen (secondary N) is 2. The number of rotatable bonds is 21. The molecule has 0 radical (unpaired) electrons. The van der Waals surface area contributed by atoms with Crippen molar-refractivity contribution in [1.29, 1.82) is 0 Å². The Bertz CT molecular complexity index is 352. The average molecular weight is 415 g/mol. The zero-order valence-corrected chi connectivity index (χ0v) is 20.1. The van der Waals surface area contributed by atoms with E-state index in [1.54, 1.807) is 0 Å². The molecule has 7 N–H and O–H groups in total. The second-order valence-electron chi connectivity index (χ2n) is 9.47. The highest BCUT2D eigenvalue weighted by Crippen LogP contribution is 2.35. The van der Waals surface area contributed by atoms with Gasteiger partial charge in [0.2, 0.25) is 0 Å².